The molecule has 0 bridgehead atoms. The van der Waals surface area contributed by atoms with Crippen LogP contribution in [0.1, 0.15) is 25.5 Å². The van der Waals surface area contributed by atoms with Crippen LogP contribution in [0.15, 0.2) is 24.3 Å². The predicted octanol–water partition coefficient (Wildman–Crippen LogP) is 2.51. The lowest BCUT2D eigenvalue weighted by molar-refractivity contribution is 0.0626. The number of halogens is 1. The lowest BCUT2D eigenvalue weighted by Crippen LogP contribution is -2.23. The maximum absolute atomic E-state index is 12.7. The number of ether oxygens (including phenoxy) is 1. The molecule has 0 heterocycles. The summed E-state index contributed by atoms with van der Waals surface area (Å²) in [6, 6.07) is 6.61. The Kier molecular flexibility index (Phi) is 4.72. The Labute approximate surface area is 90.4 Å². The van der Waals surface area contributed by atoms with E-state index in [-0.39, 0.29) is 18.0 Å². The highest BCUT2D eigenvalue weighted by molar-refractivity contribution is 5.19. The lowest BCUT2D eigenvalue weighted by atomic mass is 10.1. The van der Waals surface area contributed by atoms with Crippen molar-refractivity contribution in [1.29, 1.82) is 0 Å². The summed E-state index contributed by atoms with van der Waals surface area (Å²) in [5.41, 5.74) is 1.04. The minimum atomic E-state index is -0.210. The molecule has 1 rings (SSSR count). The molecule has 0 spiro atoms. The summed E-state index contributed by atoms with van der Waals surface area (Å²) < 4.78 is 18.2. The molecule has 1 atom stereocenters. The van der Waals surface area contributed by atoms with Gasteiger partial charge < -0.3 is 10.1 Å². The Hall–Kier alpha value is -0.930. The summed E-state index contributed by atoms with van der Waals surface area (Å²) in [5, 5.41) is 3.15. The maximum atomic E-state index is 12.7. The molecular weight excluding hydrogens is 193 g/mol. The third-order valence-electron chi connectivity index (χ3n) is 2.22. The molecule has 1 aromatic rings. The van der Waals surface area contributed by atoms with Crippen LogP contribution in [0.2, 0.25) is 0 Å². The lowest BCUT2D eigenvalue weighted by Gasteiger charge is -2.18. The number of likely N-dealkylation sites (N-methyl/N-ethyl adjacent to an activating group) is 1. The van der Waals surface area contributed by atoms with Gasteiger partial charge in [-0.3, -0.25) is 0 Å². The molecule has 0 radical (unpaired) electrons. The molecule has 2 nitrogen and oxygen atoms in total. The van der Waals surface area contributed by atoms with Crippen molar-refractivity contribution in [2.24, 2.45) is 0 Å². The topological polar surface area (TPSA) is 21.3 Å². The van der Waals surface area contributed by atoms with E-state index in [1.54, 1.807) is 12.1 Å². The zero-order valence-electron chi connectivity index (χ0n) is 9.46. The highest BCUT2D eigenvalue weighted by atomic mass is 19.1. The van der Waals surface area contributed by atoms with Gasteiger partial charge in [-0.2, -0.15) is 0 Å². The first kappa shape index (κ1) is 12.1. The third kappa shape index (κ3) is 3.98. The zero-order valence-corrected chi connectivity index (χ0v) is 9.46. The molecule has 0 saturated heterocycles. The van der Waals surface area contributed by atoms with Crippen LogP contribution in [-0.4, -0.2) is 19.8 Å². The summed E-state index contributed by atoms with van der Waals surface area (Å²) in [6.07, 6.45) is 0.210. The molecule has 15 heavy (non-hydrogen) atoms. The second-order valence-electron chi connectivity index (χ2n) is 3.77. The van der Waals surface area contributed by atoms with E-state index in [2.05, 4.69) is 5.32 Å². The van der Waals surface area contributed by atoms with Crippen LogP contribution < -0.4 is 5.32 Å². The van der Waals surface area contributed by atoms with Crippen molar-refractivity contribution in [1.82, 2.24) is 5.32 Å². The van der Waals surface area contributed by atoms with E-state index in [0.717, 1.165) is 5.56 Å². The van der Waals surface area contributed by atoms with Crippen molar-refractivity contribution in [3.05, 3.63) is 35.6 Å². The molecule has 0 fully saturated rings. The van der Waals surface area contributed by atoms with Crippen LogP contribution in [0.4, 0.5) is 4.39 Å². The van der Waals surface area contributed by atoms with Crippen molar-refractivity contribution in [2.45, 2.75) is 26.0 Å². The zero-order chi connectivity index (χ0) is 11.3. The largest absolute Gasteiger partial charge is 0.377 e. The molecule has 0 saturated carbocycles. The van der Waals surface area contributed by atoms with Gasteiger partial charge in [-0.15, -0.1) is 0 Å². The fraction of sp³-hybridized carbons (Fsp3) is 0.500. The minimum Gasteiger partial charge on any atom is -0.377 e. The van der Waals surface area contributed by atoms with Crippen molar-refractivity contribution in [3.8, 4) is 0 Å². The van der Waals surface area contributed by atoms with Crippen molar-refractivity contribution < 1.29 is 9.13 Å². The molecule has 84 valence electrons. The molecule has 1 unspecified atom stereocenters. The highest BCUT2D eigenvalue weighted by Crippen LogP contribution is 2.14. The second-order valence-corrected chi connectivity index (χ2v) is 3.77. The Morgan fingerprint density at radius 1 is 1.27 bits per heavy atom. The first-order valence-corrected chi connectivity index (χ1v) is 5.18. The van der Waals surface area contributed by atoms with Crippen LogP contribution in [0.25, 0.3) is 0 Å². The average Bonchev–Trinajstić information content (AvgIpc) is 2.21. The van der Waals surface area contributed by atoms with E-state index >= 15 is 0 Å². The summed E-state index contributed by atoms with van der Waals surface area (Å²) >= 11 is 0. The van der Waals surface area contributed by atoms with Gasteiger partial charge in [0.15, 0.2) is 0 Å². The quantitative estimate of drug-likeness (QED) is 0.808. The van der Waals surface area contributed by atoms with E-state index < -0.39 is 0 Å². The van der Waals surface area contributed by atoms with Crippen LogP contribution in [0.5, 0.6) is 0 Å². The van der Waals surface area contributed by atoms with Crippen LogP contribution in [0.3, 0.4) is 0 Å². The number of nitrogens with one attached hydrogen (secondary N) is 1. The summed E-state index contributed by atoms with van der Waals surface area (Å²) in [5.74, 6) is -0.210. The van der Waals surface area contributed by atoms with Crippen molar-refractivity contribution in [2.75, 3.05) is 13.7 Å². The molecule has 3 heteroatoms. The van der Waals surface area contributed by atoms with Gasteiger partial charge in [-0.05, 0) is 38.6 Å². The van der Waals surface area contributed by atoms with E-state index in [4.69, 9.17) is 4.74 Å². The van der Waals surface area contributed by atoms with E-state index in [1.807, 2.05) is 20.9 Å². The van der Waals surface area contributed by atoms with Crippen molar-refractivity contribution >= 4 is 0 Å². The summed E-state index contributed by atoms with van der Waals surface area (Å²) in [4.78, 5) is 0. The molecular formula is C12H18FNO. The third-order valence-corrected chi connectivity index (χ3v) is 2.22. The normalized spacial score (nSPS) is 13.1. The average molecular weight is 211 g/mol. The highest BCUT2D eigenvalue weighted by Gasteiger charge is 2.09. The molecule has 0 aromatic heterocycles. The monoisotopic (exact) mass is 211 g/mol. The van der Waals surface area contributed by atoms with Crippen LogP contribution in [-0.2, 0) is 4.74 Å². The molecule has 0 aliphatic carbocycles. The first-order chi connectivity index (χ1) is 7.13. The number of benzene rings is 1. The van der Waals surface area contributed by atoms with Gasteiger partial charge in [0, 0.05) is 0 Å². The molecule has 0 amide bonds. The van der Waals surface area contributed by atoms with Crippen LogP contribution >= 0.6 is 0 Å². The molecule has 1 aromatic carbocycles. The van der Waals surface area contributed by atoms with Gasteiger partial charge in [-0.1, -0.05) is 12.1 Å². The summed E-state index contributed by atoms with van der Waals surface area (Å²) in [6.45, 7) is 4.59. The minimum absolute atomic E-state index is 0.119. The fourth-order valence-corrected chi connectivity index (χ4v) is 1.33. The Morgan fingerprint density at radius 3 is 2.33 bits per heavy atom. The number of hydrogen-bond donors (Lipinski definition) is 1. The van der Waals surface area contributed by atoms with Gasteiger partial charge in [-0.25, -0.2) is 4.39 Å². The second kappa shape index (κ2) is 5.83. The Morgan fingerprint density at radius 2 is 1.87 bits per heavy atom. The Balaban J connectivity index is 2.61. The van der Waals surface area contributed by atoms with Gasteiger partial charge in [0.25, 0.3) is 0 Å². The van der Waals surface area contributed by atoms with Crippen LogP contribution in [0, 0.1) is 5.82 Å². The molecule has 0 aliphatic rings. The number of rotatable bonds is 5. The first-order valence-electron chi connectivity index (χ1n) is 5.18. The SMILES string of the molecule is CNC(COC(C)C)c1ccc(F)cc1. The predicted molar refractivity (Wildman–Crippen MR) is 59.3 cm³/mol. The van der Waals surface area contributed by atoms with Gasteiger partial charge in [0.05, 0.1) is 18.8 Å². The van der Waals surface area contributed by atoms with Gasteiger partial charge >= 0.3 is 0 Å². The van der Waals surface area contributed by atoms with E-state index in [0.29, 0.717) is 6.61 Å². The standard InChI is InChI=1S/C12H18FNO/c1-9(2)15-8-12(14-3)10-4-6-11(13)7-5-10/h4-7,9,12,14H,8H2,1-3H3. The van der Waals surface area contributed by atoms with Gasteiger partial charge in [0.1, 0.15) is 5.82 Å². The summed E-state index contributed by atoms with van der Waals surface area (Å²) in [7, 11) is 1.87. The smallest absolute Gasteiger partial charge is 0.123 e. The molecule has 1 N–H and O–H groups in total. The molecule has 0 aliphatic heterocycles. The van der Waals surface area contributed by atoms with E-state index in [1.165, 1.54) is 12.1 Å². The van der Waals surface area contributed by atoms with E-state index in [9.17, 15) is 4.39 Å². The van der Waals surface area contributed by atoms with Gasteiger partial charge in [0.2, 0.25) is 0 Å². The van der Waals surface area contributed by atoms with Crippen molar-refractivity contribution in [3.63, 3.8) is 0 Å². The number of hydrogen-bond acceptors (Lipinski definition) is 2. The fourth-order valence-electron chi connectivity index (χ4n) is 1.33. The maximum Gasteiger partial charge on any atom is 0.123 e. The Bertz CT molecular complexity index is 284.